The Hall–Kier alpha value is -3.22. The van der Waals surface area contributed by atoms with Gasteiger partial charge in [0.2, 0.25) is 10.0 Å². The molecule has 28 heavy (non-hydrogen) atoms. The van der Waals surface area contributed by atoms with Gasteiger partial charge in [0.25, 0.3) is 0 Å². The van der Waals surface area contributed by atoms with Gasteiger partial charge in [0.15, 0.2) is 0 Å². The third-order valence-corrected chi connectivity index (χ3v) is 5.15. The summed E-state index contributed by atoms with van der Waals surface area (Å²) in [6.07, 6.45) is 0.0598. The molecular formula is C19H18N2O6S. The van der Waals surface area contributed by atoms with Crippen molar-refractivity contribution in [1.29, 1.82) is 5.26 Å². The summed E-state index contributed by atoms with van der Waals surface area (Å²) in [4.78, 5) is 23.5. The number of nitrogens with one attached hydrogen (secondary N) is 1. The van der Waals surface area contributed by atoms with Crippen molar-refractivity contribution in [3.05, 3.63) is 65.2 Å². The third-order valence-electron chi connectivity index (χ3n) is 3.67. The molecule has 0 bridgehead atoms. The van der Waals surface area contributed by atoms with Crippen LogP contribution < -0.4 is 4.72 Å². The van der Waals surface area contributed by atoms with E-state index in [-0.39, 0.29) is 30.0 Å². The Morgan fingerprint density at radius 2 is 1.57 bits per heavy atom. The second-order valence-corrected chi connectivity index (χ2v) is 7.36. The first kappa shape index (κ1) is 21.1. The summed E-state index contributed by atoms with van der Waals surface area (Å²) in [6.45, 7) is 0.00739. The molecule has 2 rings (SSSR count). The topological polar surface area (TPSA) is 123 Å². The summed E-state index contributed by atoms with van der Waals surface area (Å²) >= 11 is 0. The van der Waals surface area contributed by atoms with Gasteiger partial charge in [-0.3, -0.25) is 0 Å². The van der Waals surface area contributed by atoms with Gasteiger partial charge in [-0.05, 0) is 42.0 Å². The summed E-state index contributed by atoms with van der Waals surface area (Å²) in [7, 11) is -2.45. The summed E-state index contributed by atoms with van der Waals surface area (Å²) in [5.41, 5.74) is 1.27. The lowest BCUT2D eigenvalue weighted by Crippen LogP contribution is -2.24. The molecule has 1 N–H and O–H groups in total. The minimum atomic E-state index is -3.73. The van der Waals surface area contributed by atoms with Crippen LogP contribution in [0.15, 0.2) is 53.4 Å². The van der Waals surface area contributed by atoms with E-state index in [0.717, 1.165) is 0 Å². The quantitative estimate of drug-likeness (QED) is 0.529. The summed E-state index contributed by atoms with van der Waals surface area (Å²) in [5, 5.41) is 8.46. The van der Waals surface area contributed by atoms with Crippen molar-refractivity contribution < 1.29 is 27.5 Å². The second-order valence-electron chi connectivity index (χ2n) is 5.59. The normalized spacial score (nSPS) is 10.7. The van der Waals surface area contributed by atoms with E-state index < -0.39 is 22.0 Å². The van der Waals surface area contributed by atoms with Crippen LogP contribution in [0.3, 0.4) is 0 Å². The van der Waals surface area contributed by atoms with E-state index in [0.29, 0.717) is 11.1 Å². The number of hydrogen-bond acceptors (Lipinski definition) is 7. The molecule has 0 atom stereocenters. The van der Waals surface area contributed by atoms with Gasteiger partial charge in [-0.2, -0.15) is 5.26 Å². The maximum atomic E-state index is 12.1. The average molecular weight is 402 g/mol. The number of ether oxygens (including phenoxy) is 2. The number of nitriles is 1. The Balaban J connectivity index is 1.96. The van der Waals surface area contributed by atoms with Gasteiger partial charge in [0, 0.05) is 13.0 Å². The van der Waals surface area contributed by atoms with Gasteiger partial charge in [0.05, 0.1) is 29.2 Å². The summed E-state index contributed by atoms with van der Waals surface area (Å²) < 4.78 is 36.1. The molecule has 0 saturated heterocycles. The van der Waals surface area contributed by atoms with Crippen LogP contribution in [0, 0.1) is 11.3 Å². The highest BCUT2D eigenvalue weighted by Crippen LogP contribution is 2.13. The molecule has 2 aromatic rings. The van der Waals surface area contributed by atoms with Crippen LogP contribution >= 0.6 is 0 Å². The number of benzene rings is 2. The van der Waals surface area contributed by atoms with E-state index in [1.807, 2.05) is 6.07 Å². The minimum absolute atomic E-state index is 0.00392. The fraction of sp³-hybridized carbons (Fsp3) is 0.211. The van der Waals surface area contributed by atoms with Crippen LogP contribution in [0.25, 0.3) is 0 Å². The van der Waals surface area contributed by atoms with Crippen LogP contribution in [0.1, 0.15) is 32.7 Å². The van der Waals surface area contributed by atoms with E-state index >= 15 is 0 Å². The van der Waals surface area contributed by atoms with Gasteiger partial charge in [-0.25, -0.2) is 22.7 Å². The van der Waals surface area contributed by atoms with Gasteiger partial charge in [-0.15, -0.1) is 0 Å². The first-order chi connectivity index (χ1) is 13.4. The molecule has 146 valence electrons. The standard InChI is InChI=1S/C19H18N2O6S/c1-26-18(22)15-5-3-14(4-6-15)13-27-19(23)16-7-9-17(10-8-16)28(24,25)21-12-2-11-20/h3-10,21H,2,12-13H2,1H3. The number of hydrogen-bond donors (Lipinski definition) is 1. The van der Waals surface area contributed by atoms with Crippen molar-refractivity contribution in [3.63, 3.8) is 0 Å². The number of esters is 2. The zero-order valence-electron chi connectivity index (χ0n) is 15.0. The number of carbonyl (C=O) groups excluding carboxylic acids is 2. The molecule has 0 spiro atoms. The largest absolute Gasteiger partial charge is 0.465 e. The van der Waals surface area contributed by atoms with Gasteiger partial charge in [-0.1, -0.05) is 12.1 Å². The highest BCUT2D eigenvalue weighted by molar-refractivity contribution is 7.89. The molecule has 0 heterocycles. The van der Waals surface area contributed by atoms with Crippen molar-refractivity contribution >= 4 is 22.0 Å². The second kappa shape index (κ2) is 9.64. The lowest BCUT2D eigenvalue weighted by molar-refractivity contribution is 0.0471. The SMILES string of the molecule is COC(=O)c1ccc(COC(=O)c2ccc(S(=O)(=O)NCCC#N)cc2)cc1. The Bertz CT molecular complexity index is 977. The van der Waals surface area contributed by atoms with Crippen molar-refractivity contribution in [2.75, 3.05) is 13.7 Å². The van der Waals surface area contributed by atoms with Crippen molar-refractivity contribution in [3.8, 4) is 6.07 Å². The number of rotatable bonds is 8. The van der Waals surface area contributed by atoms with E-state index in [1.165, 1.54) is 31.4 Å². The number of sulfonamides is 1. The van der Waals surface area contributed by atoms with E-state index in [2.05, 4.69) is 9.46 Å². The molecular weight excluding hydrogens is 384 g/mol. The molecule has 8 nitrogen and oxygen atoms in total. The minimum Gasteiger partial charge on any atom is -0.465 e. The van der Waals surface area contributed by atoms with Crippen LogP contribution in [-0.2, 0) is 26.1 Å². The maximum Gasteiger partial charge on any atom is 0.338 e. The molecule has 0 aliphatic heterocycles. The molecule has 0 aliphatic rings. The maximum absolute atomic E-state index is 12.1. The summed E-state index contributed by atoms with van der Waals surface area (Å²) in [6, 6.07) is 13.5. The summed E-state index contributed by atoms with van der Waals surface area (Å²) in [5.74, 6) is -1.07. The molecule has 2 aromatic carbocycles. The predicted molar refractivity (Wildman–Crippen MR) is 98.8 cm³/mol. The molecule has 0 aromatic heterocycles. The Labute approximate surface area is 162 Å². The van der Waals surface area contributed by atoms with Gasteiger partial charge < -0.3 is 9.47 Å². The van der Waals surface area contributed by atoms with Crippen LogP contribution in [0.2, 0.25) is 0 Å². The fourth-order valence-corrected chi connectivity index (χ4v) is 3.21. The van der Waals surface area contributed by atoms with Crippen LogP contribution in [-0.4, -0.2) is 34.0 Å². The van der Waals surface area contributed by atoms with Crippen LogP contribution in [0.5, 0.6) is 0 Å². The lowest BCUT2D eigenvalue weighted by Gasteiger charge is -2.08. The molecule has 0 saturated carbocycles. The predicted octanol–water partition coefficient (Wildman–Crippen LogP) is 2.02. The third kappa shape index (κ3) is 5.64. The smallest absolute Gasteiger partial charge is 0.338 e. The first-order valence-electron chi connectivity index (χ1n) is 8.18. The van der Waals surface area contributed by atoms with E-state index in [1.54, 1.807) is 24.3 Å². The molecule has 0 aliphatic carbocycles. The highest BCUT2D eigenvalue weighted by Gasteiger charge is 2.15. The van der Waals surface area contributed by atoms with Gasteiger partial charge >= 0.3 is 11.9 Å². The van der Waals surface area contributed by atoms with Crippen molar-refractivity contribution in [2.24, 2.45) is 0 Å². The Morgan fingerprint density at radius 1 is 1.00 bits per heavy atom. The zero-order chi connectivity index (χ0) is 20.6. The molecule has 0 unspecified atom stereocenters. The molecule has 0 amide bonds. The zero-order valence-corrected chi connectivity index (χ0v) is 15.9. The molecule has 0 fully saturated rings. The lowest BCUT2D eigenvalue weighted by atomic mass is 10.1. The fourth-order valence-electron chi connectivity index (χ4n) is 2.18. The average Bonchev–Trinajstić information content (AvgIpc) is 2.72. The Kier molecular flexibility index (Phi) is 7.26. The van der Waals surface area contributed by atoms with E-state index in [9.17, 15) is 18.0 Å². The first-order valence-corrected chi connectivity index (χ1v) is 9.67. The van der Waals surface area contributed by atoms with Crippen molar-refractivity contribution in [1.82, 2.24) is 4.72 Å². The van der Waals surface area contributed by atoms with Crippen LogP contribution in [0.4, 0.5) is 0 Å². The molecule has 9 heteroatoms. The van der Waals surface area contributed by atoms with Gasteiger partial charge in [0.1, 0.15) is 6.61 Å². The number of methoxy groups -OCH3 is 1. The highest BCUT2D eigenvalue weighted by atomic mass is 32.2. The molecule has 0 radical (unpaired) electrons. The van der Waals surface area contributed by atoms with E-state index in [4.69, 9.17) is 10.00 Å². The van der Waals surface area contributed by atoms with Crippen molar-refractivity contribution in [2.45, 2.75) is 17.9 Å². The number of carbonyl (C=O) groups is 2. The number of nitrogens with zero attached hydrogens (tertiary/aromatic N) is 1. The Morgan fingerprint density at radius 3 is 2.14 bits per heavy atom. The monoisotopic (exact) mass is 402 g/mol.